The lowest BCUT2D eigenvalue weighted by Gasteiger charge is -2.20. The molecule has 3 heterocycles. The van der Waals surface area contributed by atoms with Gasteiger partial charge in [-0.1, -0.05) is 23.7 Å². The first-order chi connectivity index (χ1) is 19.3. The highest BCUT2D eigenvalue weighted by Gasteiger charge is 2.23. The lowest BCUT2D eigenvalue weighted by molar-refractivity contribution is 0.0615. The van der Waals surface area contributed by atoms with Crippen LogP contribution in [0.2, 0.25) is 5.02 Å². The van der Waals surface area contributed by atoms with Gasteiger partial charge in [-0.3, -0.25) is 14.5 Å². The maximum atomic E-state index is 13.6. The standard InChI is InChI=1S/C28H32ClN5O5S/c1-33(15-22(35)27-30-9-4-10-31-27)16-23-21(17-39-12-11-38-3)24-26(40-23)25(36)20(14-34(24)2)28(37)32-13-18-5-7-19(29)8-6-18/h4-10,14,22,35H,11-13,15-17H2,1-3H3,(H,32,37). The zero-order valence-corrected chi connectivity index (χ0v) is 24.2. The summed E-state index contributed by atoms with van der Waals surface area (Å²) < 4.78 is 13.2. The molecule has 1 amide bonds. The van der Waals surface area contributed by atoms with Crippen LogP contribution in [-0.2, 0) is 36.2 Å². The topological polar surface area (TPSA) is 119 Å². The van der Waals surface area contributed by atoms with Crippen LogP contribution in [0.25, 0.3) is 10.2 Å². The van der Waals surface area contributed by atoms with Crippen LogP contribution in [0.1, 0.15) is 38.3 Å². The first-order valence-corrected chi connectivity index (χ1v) is 13.8. The molecule has 0 radical (unpaired) electrons. The van der Waals surface area contributed by atoms with E-state index in [2.05, 4.69) is 15.3 Å². The molecule has 2 N–H and O–H groups in total. The predicted octanol–water partition coefficient (Wildman–Crippen LogP) is 3.30. The van der Waals surface area contributed by atoms with Crippen molar-refractivity contribution in [1.29, 1.82) is 0 Å². The number of aliphatic hydroxyl groups is 1. The van der Waals surface area contributed by atoms with Crippen molar-refractivity contribution in [2.45, 2.75) is 25.8 Å². The van der Waals surface area contributed by atoms with E-state index in [0.717, 1.165) is 21.5 Å². The van der Waals surface area contributed by atoms with Crippen molar-refractivity contribution in [3.8, 4) is 0 Å². The molecule has 0 bridgehead atoms. The van der Waals surface area contributed by atoms with Crippen LogP contribution in [0.5, 0.6) is 0 Å². The third-order valence-corrected chi connectivity index (χ3v) is 7.72. The van der Waals surface area contributed by atoms with Crippen LogP contribution in [-0.4, -0.2) is 64.4 Å². The van der Waals surface area contributed by atoms with Gasteiger partial charge in [-0.15, -0.1) is 11.3 Å². The summed E-state index contributed by atoms with van der Waals surface area (Å²) in [6.45, 7) is 2.11. The van der Waals surface area contributed by atoms with Crippen molar-refractivity contribution in [3.05, 3.63) is 91.6 Å². The molecule has 12 heteroatoms. The second-order valence-corrected chi connectivity index (χ2v) is 10.9. The van der Waals surface area contributed by atoms with E-state index in [1.807, 2.05) is 31.1 Å². The van der Waals surface area contributed by atoms with Gasteiger partial charge in [-0.05, 0) is 30.8 Å². The number of carbonyl (C=O) groups is 1. The van der Waals surface area contributed by atoms with Crippen molar-refractivity contribution in [2.75, 3.05) is 33.9 Å². The van der Waals surface area contributed by atoms with Crippen LogP contribution in [0.15, 0.2) is 53.7 Å². The van der Waals surface area contributed by atoms with E-state index < -0.39 is 12.0 Å². The van der Waals surface area contributed by atoms with Gasteiger partial charge < -0.3 is 24.5 Å². The van der Waals surface area contributed by atoms with E-state index in [0.29, 0.717) is 35.3 Å². The molecule has 1 unspecified atom stereocenters. The van der Waals surface area contributed by atoms with E-state index >= 15 is 0 Å². The average Bonchev–Trinajstić information content (AvgIpc) is 3.31. The van der Waals surface area contributed by atoms with E-state index in [1.54, 1.807) is 48.5 Å². The monoisotopic (exact) mass is 585 g/mol. The quantitative estimate of drug-likeness (QED) is 0.229. The lowest BCUT2D eigenvalue weighted by Crippen LogP contribution is -2.29. The molecular weight excluding hydrogens is 554 g/mol. The first-order valence-electron chi connectivity index (χ1n) is 12.6. The summed E-state index contributed by atoms with van der Waals surface area (Å²) in [5.74, 6) is -0.107. The zero-order chi connectivity index (χ0) is 28.6. The fourth-order valence-electron chi connectivity index (χ4n) is 4.27. The Labute approximate surface area is 241 Å². The molecule has 0 aliphatic carbocycles. The lowest BCUT2D eigenvalue weighted by atomic mass is 10.1. The number of benzene rings is 1. The molecule has 4 aromatic rings. The third-order valence-electron chi connectivity index (χ3n) is 6.26. The summed E-state index contributed by atoms with van der Waals surface area (Å²) in [6, 6.07) is 8.84. The molecule has 0 spiro atoms. The number of nitrogens with zero attached hydrogens (tertiary/aromatic N) is 4. The molecule has 0 saturated heterocycles. The molecule has 0 aliphatic heterocycles. The molecular formula is C28H32ClN5O5S. The highest BCUT2D eigenvalue weighted by molar-refractivity contribution is 7.19. The second kappa shape index (κ2) is 13.9. The molecule has 212 valence electrons. The molecule has 1 aromatic carbocycles. The predicted molar refractivity (Wildman–Crippen MR) is 155 cm³/mol. The van der Waals surface area contributed by atoms with Gasteiger partial charge in [0.1, 0.15) is 11.7 Å². The number of nitrogens with one attached hydrogen (secondary N) is 1. The number of methoxy groups -OCH3 is 1. The number of aromatic nitrogens is 3. The van der Waals surface area contributed by atoms with Gasteiger partial charge in [-0.2, -0.15) is 0 Å². The minimum absolute atomic E-state index is 0.0635. The summed E-state index contributed by atoms with van der Waals surface area (Å²) in [5.41, 5.74) is 2.18. The van der Waals surface area contributed by atoms with Gasteiger partial charge in [0.2, 0.25) is 5.43 Å². The molecule has 10 nitrogen and oxygen atoms in total. The van der Waals surface area contributed by atoms with Crippen LogP contribution >= 0.6 is 22.9 Å². The number of hydrogen-bond donors (Lipinski definition) is 2. The third kappa shape index (κ3) is 7.30. The number of carbonyl (C=O) groups excluding carboxylic acids is 1. The summed E-state index contributed by atoms with van der Waals surface area (Å²) in [4.78, 5) is 37.7. The molecule has 3 aromatic heterocycles. The van der Waals surface area contributed by atoms with Gasteiger partial charge in [0, 0.05) is 67.8 Å². The molecule has 0 fully saturated rings. The van der Waals surface area contributed by atoms with Crippen LogP contribution in [0, 0.1) is 0 Å². The Kier molecular flexibility index (Phi) is 10.4. The minimum Gasteiger partial charge on any atom is -0.384 e. The van der Waals surface area contributed by atoms with Crippen molar-refractivity contribution >= 4 is 39.1 Å². The Morgan fingerprint density at radius 2 is 1.95 bits per heavy atom. The fourth-order valence-corrected chi connectivity index (χ4v) is 5.77. The number of aliphatic hydroxyl groups excluding tert-OH is 1. The number of aryl methyl sites for hydroxylation is 1. The number of thiophene rings is 1. The van der Waals surface area contributed by atoms with E-state index in [4.69, 9.17) is 21.1 Å². The second-order valence-electron chi connectivity index (χ2n) is 9.34. The number of ether oxygens (including phenoxy) is 2. The maximum absolute atomic E-state index is 13.6. The van der Waals surface area contributed by atoms with E-state index in [1.165, 1.54) is 11.3 Å². The van der Waals surface area contributed by atoms with Crippen molar-refractivity contribution in [1.82, 2.24) is 24.8 Å². The van der Waals surface area contributed by atoms with E-state index in [-0.39, 0.29) is 30.7 Å². The average molecular weight is 586 g/mol. The van der Waals surface area contributed by atoms with Crippen molar-refractivity contribution in [3.63, 3.8) is 0 Å². The van der Waals surface area contributed by atoms with E-state index in [9.17, 15) is 14.7 Å². The first kappa shape index (κ1) is 29.8. The number of likely N-dealkylation sites (N-methyl/N-ethyl adjacent to an activating group) is 1. The largest absolute Gasteiger partial charge is 0.384 e. The Hall–Kier alpha value is -3.19. The minimum atomic E-state index is -0.871. The molecule has 4 rings (SSSR count). The van der Waals surface area contributed by atoms with Crippen molar-refractivity contribution < 1.29 is 19.4 Å². The molecule has 40 heavy (non-hydrogen) atoms. The zero-order valence-electron chi connectivity index (χ0n) is 22.6. The number of rotatable bonds is 13. The Bertz CT molecular complexity index is 1490. The van der Waals surface area contributed by atoms with Crippen molar-refractivity contribution in [2.24, 2.45) is 7.05 Å². The molecule has 0 saturated carbocycles. The summed E-state index contributed by atoms with van der Waals surface area (Å²) >= 11 is 7.28. The van der Waals surface area contributed by atoms with Gasteiger partial charge in [0.25, 0.3) is 5.91 Å². The number of amides is 1. The Morgan fingerprint density at radius 1 is 1.23 bits per heavy atom. The smallest absolute Gasteiger partial charge is 0.257 e. The molecule has 1 atom stereocenters. The Morgan fingerprint density at radius 3 is 2.65 bits per heavy atom. The number of fused-ring (bicyclic) bond motifs is 1. The van der Waals surface area contributed by atoms with Crippen LogP contribution in [0.3, 0.4) is 0 Å². The van der Waals surface area contributed by atoms with Crippen LogP contribution in [0.4, 0.5) is 0 Å². The number of pyridine rings is 1. The molecule has 0 aliphatic rings. The maximum Gasteiger partial charge on any atom is 0.257 e. The number of halogens is 1. The SMILES string of the molecule is COCCOCc1c(CN(C)CC(O)c2ncccn2)sc2c(=O)c(C(=O)NCc3ccc(Cl)cc3)cn(C)c12. The van der Waals surface area contributed by atoms with Gasteiger partial charge in [0.05, 0.1) is 30.0 Å². The van der Waals surface area contributed by atoms with Gasteiger partial charge in [0.15, 0.2) is 5.82 Å². The summed E-state index contributed by atoms with van der Waals surface area (Å²) in [7, 11) is 5.29. The normalized spacial score (nSPS) is 12.2. The summed E-state index contributed by atoms with van der Waals surface area (Å²) in [5, 5.41) is 14.0. The fraction of sp³-hybridized carbons (Fsp3) is 0.357. The highest BCUT2D eigenvalue weighted by atomic mass is 35.5. The summed E-state index contributed by atoms with van der Waals surface area (Å²) in [6.07, 6.45) is 3.87. The Balaban J connectivity index is 1.60. The van der Waals surface area contributed by atoms with Gasteiger partial charge >= 0.3 is 0 Å². The van der Waals surface area contributed by atoms with Crippen LogP contribution < -0.4 is 10.7 Å². The van der Waals surface area contributed by atoms with Gasteiger partial charge in [-0.25, -0.2) is 9.97 Å². The number of hydrogen-bond acceptors (Lipinski definition) is 9. The highest BCUT2D eigenvalue weighted by Crippen LogP contribution is 2.31.